The number of rotatable bonds is 3. The summed E-state index contributed by atoms with van der Waals surface area (Å²) < 4.78 is 1.37. The number of amides is 1. The first-order valence-corrected chi connectivity index (χ1v) is 9.26. The van der Waals surface area contributed by atoms with Crippen molar-refractivity contribution in [2.24, 2.45) is 0 Å². The smallest absolute Gasteiger partial charge is 0.270 e. The fraction of sp³-hybridized carbons (Fsp3) is 0.286. The van der Waals surface area contributed by atoms with Crippen molar-refractivity contribution in [2.75, 3.05) is 5.32 Å². The molecule has 1 fully saturated rings. The van der Waals surface area contributed by atoms with Crippen molar-refractivity contribution in [3.63, 3.8) is 0 Å². The highest BCUT2D eigenvalue weighted by Gasteiger charge is 2.23. The molecule has 3 N–H and O–H groups in total. The van der Waals surface area contributed by atoms with Crippen LogP contribution in [0, 0.1) is 18.3 Å². The highest BCUT2D eigenvalue weighted by atomic mass is 16.3. The van der Waals surface area contributed by atoms with Crippen LogP contribution in [-0.4, -0.2) is 20.4 Å². The maximum atomic E-state index is 12.7. The second-order valence-corrected chi connectivity index (χ2v) is 7.28. The lowest BCUT2D eigenvalue weighted by molar-refractivity contribution is 0.102. The number of phenolic OH excluding ortho intramolecular Hbond substituents is 1. The Hall–Kier alpha value is -3.53. The summed E-state index contributed by atoms with van der Waals surface area (Å²) in [7, 11) is 0. The van der Waals surface area contributed by atoms with Gasteiger partial charge < -0.3 is 15.4 Å². The van der Waals surface area contributed by atoms with E-state index in [4.69, 9.17) is 0 Å². The van der Waals surface area contributed by atoms with Crippen molar-refractivity contribution in [3.05, 3.63) is 63.2 Å². The monoisotopic (exact) mass is 378 g/mol. The van der Waals surface area contributed by atoms with Crippen LogP contribution in [0.3, 0.4) is 0 Å². The molecule has 0 bridgehead atoms. The summed E-state index contributed by atoms with van der Waals surface area (Å²) in [5, 5.41) is 22.5. The zero-order chi connectivity index (χ0) is 19.8. The minimum absolute atomic E-state index is 0. The van der Waals surface area contributed by atoms with Crippen LogP contribution in [0.5, 0.6) is 5.75 Å². The van der Waals surface area contributed by atoms with Crippen LogP contribution >= 0.6 is 0 Å². The molecule has 144 valence electrons. The third kappa shape index (κ3) is 3.03. The molecule has 1 aromatic carbocycles. The van der Waals surface area contributed by atoms with Crippen molar-refractivity contribution in [3.8, 4) is 11.8 Å². The van der Waals surface area contributed by atoms with E-state index in [0.717, 1.165) is 36.8 Å². The number of phenols is 1. The fourth-order valence-electron chi connectivity index (χ4n) is 3.93. The van der Waals surface area contributed by atoms with Crippen molar-refractivity contribution in [1.82, 2.24) is 9.38 Å². The van der Waals surface area contributed by atoms with E-state index in [2.05, 4.69) is 16.4 Å². The number of carbonyl (C=O) groups excluding carboxylic acids is 1. The van der Waals surface area contributed by atoms with E-state index < -0.39 is 11.5 Å². The molecule has 1 aliphatic rings. The third-order valence-corrected chi connectivity index (χ3v) is 5.35. The van der Waals surface area contributed by atoms with Crippen LogP contribution in [0.2, 0.25) is 0 Å². The minimum Gasteiger partial charge on any atom is -0.508 e. The van der Waals surface area contributed by atoms with Crippen LogP contribution in [0.4, 0.5) is 5.69 Å². The number of fused-ring (bicyclic) bond motifs is 1. The molecule has 2 aromatic heterocycles. The van der Waals surface area contributed by atoms with Crippen LogP contribution < -0.4 is 10.9 Å². The summed E-state index contributed by atoms with van der Waals surface area (Å²) in [6, 6.07) is 6.92. The Kier molecular flexibility index (Phi) is 4.40. The van der Waals surface area contributed by atoms with Gasteiger partial charge in [-0.2, -0.15) is 5.26 Å². The van der Waals surface area contributed by atoms with Crippen LogP contribution in [0.15, 0.2) is 35.4 Å². The molecular weight excluding hydrogens is 356 g/mol. The average molecular weight is 378 g/mol. The molecule has 1 amide bonds. The summed E-state index contributed by atoms with van der Waals surface area (Å²) in [5.41, 5.74) is 2.16. The first-order chi connectivity index (χ1) is 13.5. The summed E-state index contributed by atoms with van der Waals surface area (Å²) in [4.78, 5) is 28.2. The predicted octanol–water partition coefficient (Wildman–Crippen LogP) is 3.67. The Bertz CT molecular complexity index is 1180. The lowest BCUT2D eigenvalue weighted by Gasteiger charge is -2.15. The minimum atomic E-state index is -0.640. The zero-order valence-corrected chi connectivity index (χ0v) is 15.5. The molecule has 7 heteroatoms. The molecule has 4 rings (SSSR count). The van der Waals surface area contributed by atoms with E-state index in [1.165, 1.54) is 16.7 Å². The first-order valence-electron chi connectivity index (χ1n) is 9.26. The highest BCUT2D eigenvalue weighted by molar-refractivity contribution is 6.04. The summed E-state index contributed by atoms with van der Waals surface area (Å²) >= 11 is 0. The Balaban J connectivity index is 0.00000240. The summed E-state index contributed by atoms with van der Waals surface area (Å²) in [6.07, 6.45) is 7.17. The van der Waals surface area contributed by atoms with Gasteiger partial charge in [0.05, 0.1) is 11.3 Å². The van der Waals surface area contributed by atoms with Gasteiger partial charge in [-0.1, -0.05) is 12.8 Å². The number of nitrogens with one attached hydrogen (secondary N) is 2. The number of aromatic hydroxyl groups is 1. The number of nitriles is 1. The van der Waals surface area contributed by atoms with Gasteiger partial charge in [0, 0.05) is 19.9 Å². The Labute approximate surface area is 162 Å². The van der Waals surface area contributed by atoms with Crippen LogP contribution in [0.1, 0.15) is 60.1 Å². The number of aryl methyl sites for hydroxylation is 1. The first kappa shape index (κ1) is 17.9. The standard InChI is InChI=1S/C21H20N4O3.H2/c1-12-6-19-23-10-16(21(28)25(19)11-12)20(27)24-17-8-18(26)15(7-14(17)9-22)13-4-2-3-5-13;/h6-8,10-11,13,23,26H,2-5H2,1H3,(H,24,27);1H. The van der Waals surface area contributed by atoms with Gasteiger partial charge >= 0.3 is 0 Å². The number of aromatic nitrogens is 2. The Morgan fingerprint density at radius 2 is 2.11 bits per heavy atom. The average Bonchev–Trinajstić information content (AvgIpc) is 3.31. The van der Waals surface area contributed by atoms with Crippen LogP contribution in [0.25, 0.3) is 5.65 Å². The van der Waals surface area contributed by atoms with Gasteiger partial charge in [-0.3, -0.25) is 14.0 Å². The molecule has 0 spiro atoms. The van der Waals surface area contributed by atoms with Crippen LogP contribution in [-0.2, 0) is 0 Å². The maximum absolute atomic E-state index is 12.7. The van der Waals surface area contributed by atoms with Gasteiger partial charge in [-0.25, -0.2) is 0 Å². The van der Waals surface area contributed by atoms with Crippen molar-refractivity contribution >= 4 is 17.2 Å². The van der Waals surface area contributed by atoms with E-state index >= 15 is 0 Å². The van der Waals surface area contributed by atoms with Crippen molar-refractivity contribution in [2.45, 2.75) is 38.5 Å². The van der Waals surface area contributed by atoms with E-state index in [1.54, 1.807) is 18.3 Å². The molecule has 7 nitrogen and oxygen atoms in total. The van der Waals surface area contributed by atoms with Gasteiger partial charge in [0.15, 0.2) is 0 Å². The predicted molar refractivity (Wildman–Crippen MR) is 107 cm³/mol. The molecule has 0 unspecified atom stereocenters. The highest BCUT2D eigenvalue weighted by Crippen LogP contribution is 2.40. The SMILES string of the molecule is Cc1cc2[nH]cc(C(=O)Nc3cc(O)c(C4CCCC4)cc3C#N)c(=O)n2c1.[HH]. The lowest BCUT2D eigenvalue weighted by Crippen LogP contribution is -2.26. The molecule has 2 heterocycles. The quantitative estimate of drug-likeness (QED) is 0.646. The number of benzene rings is 1. The van der Waals surface area contributed by atoms with E-state index in [1.807, 2.05) is 6.92 Å². The Morgan fingerprint density at radius 3 is 2.82 bits per heavy atom. The Morgan fingerprint density at radius 1 is 1.36 bits per heavy atom. The molecule has 0 atom stereocenters. The molecule has 28 heavy (non-hydrogen) atoms. The fourth-order valence-corrected chi connectivity index (χ4v) is 3.93. The van der Waals surface area contributed by atoms with Gasteiger partial charge in [0.25, 0.3) is 11.5 Å². The second-order valence-electron chi connectivity index (χ2n) is 7.28. The number of anilines is 1. The number of H-pyrrole nitrogens is 1. The molecular formula is C21H22N4O3. The number of hydrogen-bond donors (Lipinski definition) is 3. The van der Waals surface area contributed by atoms with E-state index in [0.29, 0.717) is 5.65 Å². The molecule has 0 aliphatic heterocycles. The molecule has 0 radical (unpaired) electrons. The van der Waals surface area contributed by atoms with Gasteiger partial charge in [-0.15, -0.1) is 0 Å². The summed E-state index contributed by atoms with van der Waals surface area (Å²) in [6.45, 7) is 1.86. The summed E-state index contributed by atoms with van der Waals surface area (Å²) in [5.74, 6) is -0.343. The van der Waals surface area contributed by atoms with Gasteiger partial charge in [0.2, 0.25) is 0 Å². The molecule has 3 aromatic rings. The molecule has 1 aliphatic carbocycles. The molecule has 1 saturated carbocycles. The van der Waals surface area contributed by atoms with Gasteiger partial charge in [-0.05, 0) is 48.9 Å². The number of carbonyl (C=O) groups is 1. The van der Waals surface area contributed by atoms with Gasteiger partial charge in [0.1, 0.15) is 23.0 Å². The second kappa shape index (κ2) is 6.89. The molecule has 0 saturated heterocycles. The zero-order valence-electron chi connectivity index (χ0n) is 15.5. The largest absolute Gasteiger partial charge is 0.508 e. The number of hydrogen-bond acceptors (Lipinski definition) is 4. The normalized spacial score (nSPS) is 14.3. The number of nitrogens with zero attached hydrogens (tertiary/aromatic N) is 2. The van der Waals surface area contributed by atoms with E-state index in [9.17, 15) is 20.0 Å². The topological polar surface area (TPSA) is 110 Å². The lowest BCUT2D eigenvalue weighted by atomic mass is 9.94. The number of aromatic amines is 1. The van der Waals surface area contributed by atoms with Crippen molar-refractivity contribution in [1.29, 1.82) is 5.26 Å². The maximum Gasteiger partial charge on any atom is 0.270 e. The van der Waals surface area contributed by atoms with Crippen molar-refractivity contribution < 1.29 is 11.3 Å². The third-order valence-electron chi connectivity index (χ3n) is 5.35. The van der Waals surface area contributed by atoms with E-state index in [-0.39, 0.29) is 29.9 Å².